The molecule has 2 heterocycles. The molecule has 0 atom stereocenters. The van der Waals surface area contributed by atoms with Gasteiger partial charge in [-0.15, -0.1) is 0 Å². The number of nitrogens with zero attached hydrogens (tertiary/aromatic N) is 4. The van der Waals surface area contributed by atoms with Gasteiger partial charge in [-0.3, -0.25) is 4.57 Å². The van der Waals surface area contributed by atoms with Crippen LogP contribution in [0.4, 0.5) is 5.82 Å². The second kappa shape index (κ2) is 7.39. The van der Waals surface area contributed by atoms with E-state index in [1.54, 1.807) is 17.1 Å². The van der Waals surface area contributed by atoms with Crippen LogP contribution >= 0.6 is 0 Å². The second-order valence-electron chi connectivity index (χ2n) is 3.66. The van der Waals surface area contributed by atoms with Gasteiger partial charge in [0.25, 0.3) is 0 Å². The van der Waals surface area contributed by atoms with Crippen molar-refractivity contribution in [1.29, 1.82) is 0 Å². The fraction of sp³-hybridized carbons (Fsp3) is 0.417. The Kier molecular flexibility index (Phi) is 5.79. The summed E-state index contributed by atoms with van der Waals surface area (Å²) in [6.45, 7) is 6.67. The van der Waals surface area contributed by atoms with Crippen molar-refractivity contribution in [3.8, 4) is 0 Å². The van der Waals surface area contributed by atoms with Crippen LogP contribution in [0.5, 0.6) is 0 Å². The molecular formula is C12H20N6. The van der Waals surface area contributed by atoms with Crippen LogP contribution in [0.2, 0.25) is 0 Å². The molecule has 0 aliphatic heterocycles. The molecule has 0 spiro atoms. The normalized spacial score (nSPS) is 9.72. The summed E-state index contributed by atoms with van der Waals surface area (Å²) in [5, 5.41) is 5.96. The van der Waals surface area contributed by atoms with Crippen LogP contribution in [0.1, 0.15) is 13.3 Å². The van der Waals surface area contributed by atoms with E-state index >= 15 is 0 Å². The Morgan fingerprint density at radius 1 is 1.33 bits per heavy atom. The highest BCUT2D eigenvalue weighted by molar-refractivity contribution is 5.83. The van der Waals surface area contributed by atoms with E-state index in [1.165, 1.54) is 6.33 Å². The lowest BCUT2D eigenvalue weighted by Crippen LogP contribution is -2.03. The molecule has 2 aromatic rings. The molecule has 0 saturated heterocycles. The third kappa shape index (κ3) is 3.27. The van der Waals surface area contributed by atoms with Gasteiger partial charge in [0.1, 0.15) is 12.7 Å². The maximum atomic E-state index is 4.25. The minimum absolute atomic E-state index is 0.776. The smallest absolute Gasteiger partial charge is 0.169 e. The number of rotatable bonds is 4. The molecule has 0 aromatic carbocycles. The van der Waals surface area contributed by atoms with Crippen molar-refractivity contribution in [3.05, 3.63) is 19.2 Å². The van der Waals surface area contributed by atoms with E-state index in [2.05, 4.69) is 39.1 Å². The van der Waals surface area contributed by atoms with Crippen LogP contribution in [-0.2, 0) is 0 Å². The van der Waals surface area contributed by atoms with E-state index in [9.17, 15) is 0 Å². The summed E-state index contributed by atoms with van der Waals surface area (Å²) < 4.78 is 1.77. The lowest BCUT2D eigenvalue weighted by molar-refractivity contribution is 0.968. The molecule has 98 valence electrons. The van der Waals surface area contributed by atoms with Gasteiger partial charge in [-0.2, -0.15) is 0 Å². The Labute approximate surface area is 107 Å². The summed E-state index contributed by atoms with van der Waals surface area (Å²) in [5.74, 6) is 0.780. The number of fused-ring (bicyclic) bond motifs is 1. The second-order valence-corrected chi connectivity index (χ2v) is 3.66. The number of aromatic nitrogens is 4. The summed E-state index contributed by atoms with van der Waals surface area (Å²) >= 11 is 0. The molecule has 0 aliphatic carbocycles. The Morgan fingerprint density at radius 3 is 2.67 bits per heavy atom. The van der Waals surface area contributed by atoms with Crippen molar-refractivity contribution in [1.82, 2.24) is 24.8 Å². The van der Waals surface area contributed by atoms with Crippen LogP contribution in [-0.4, -0.2) is 40.2 Å². The Hall–Kier alpha value is -1.95. The van der Waals surface area contributed by atoms with E-state index in [-0.39, 0.29) is 0 Å². The molecule has 0 radical (unpaired) electrons. The molecular weight excluding hydrogens is 228 g/mol. The zero-order chi connectivity index (χ0) is 13.4. The first kappa shape index (κ1) is 14.1. The molecule has 0 bridgehead atoms. The standard InChI is InChI=1S/C10H13N5.C2H7N/c1-3-5-11-9-8-10(13-6-12-9)15(4-2)7-14-8;1-3-2/h4,6-7H,2-3,5H2,1H3,(H,11,12,13);3H,1-2H3. The number of hydrogen-bond donors (Lipinski definition) is 2. The van der Waals surface area contributed by atoms with Crippen LogP contribution in [0.15, 0.2) is 19.2 Å². The van der Waals surface area contributed by atoms with E-state index in [0.29, 0.717) is 0 Å². The van der Waals surface area contributed by atoms with Crippen LogP contribution in [0.25, 0.3) is 17.4 Å². The lowest BCUT2D eigenvalue weighted by atomic mass is 10.4. The molecule has 2 N–H and O–H groups in total. The minimum Gasteiger partial charge on any atom is -0.368 e. The van der Waals surface area contributed by atoms with E-state index in [4.69, 9.17) is 0 Å². The Morgan fingerprint density at radius 2 is 2.06 bits per heavy atom. The van der Waals surface area contributed by atoms with Gasteiger partial charge in [0.2, 0.25) is 0 Å². The molecule has 0 unspecified atom stereocenters. The highest BCUT2D eigenvalue weighted by Crippen LogP contribution is 2.16. The maximum Gasteiger partial charge on any atom is 0.169 e. The summed E-state index contributed by atoms with van der Waals surface area (Å²) in [7, 11) is 3.75. The molecule has 2 rings (SSSR count). The minimum atomic E-state index is 0.776. The molecule has 2 aromatic heterocycles. The van der Waals surface area contributed by atoms with E-state index in [1.807, 2.05) is 14.1 Å². The zero-order valence-electron chi connectivity index (χ0n) is 11.1. The first-order valence-corrected chi connectivity index (χ1v) is 5.90. The first-order chi connectivity index (χ1) is 8.78. The molecule has 0 aliphatic rings. The van der Waals surface area contributed by atoms with Gasteiger partial charge in [-0.25, -0.2) is 15.0 Å². The summed E-state index contributed by atoms with van der Waals surface area (Å²) in [6, 6.07) is 0. The van der Waals surface area contributed by atoms with Crippen molar-refractivity contribution < 1.29 is 0 Å². The monoisotopic (exact) mass is 248 g/mol. The van der Waals surface area contributed by atoms with Crippen molar-refractivity contribution in [2.75, 3.05) is 26.0 Å². The quantitative estimate of drug-likeness (QED) is 0.860. The molecule has 0 fully saturated rings. The SMILES string of the molecule is C=Cn1cnc2c(NCCC)ncnc21.CNC. The van der Waals surface area contributed by atoms with Gasteiger partial charge in [0, 0.05) is 12.7 Å². The van der Waals surface area contributed by atoms with Crippen molar-refractivity contribution >= 4 is 23.2 Å². The predicted molar refractivity (Wildman–Crippen MR) is 75.5 cm³/mol. The first-order valence-electron chi connectivity index (χ1n) is 5.90. The lowest BCUT2D eigenvalue weighted by Gasteiger charge is -2.03. The molecule has 0 saturated carbocycles. The van der Waals surface area contributed by atoms with Crippen molar-refractivity contribution in [2.45, 2.75) is 13.3 Å². The maximum absolute atomic E-state index is 4.25. The van der Waals surface area contributed by atoms with Crippen LogP contribution < -0.4 is 10.6 Å². The average molecular weight is 248 g/mol. The van der Waals surface area contributed by atoms with Gasteiger partial charge >= 0.3 is 0 Å². The van der Waals surface area contributed by atoms with Crippen molar-refractivity contribution in [2.24, 2.45) is 0 Å². The third-order valence-electron chi connectivity index (χ3n) is 2.10. The number of imidazole rings is 1. The van der Waals surface area contributed by atoms with Gasteiger partial charge in [-0.1, -0.05) is 13.5 Å². The summed E-state index contributed by atoms with van der Waals surface area (Å²) in [4.78, 5) is 12.6. The molecule has 0 amide bonds. The average Bonchev–Trinajstić information content (AvgIpc) is 2.80. The predicted octanol–water partition coefficient (Wildman–Crippen LogP) is 1.58. The molecule has 18 heavy (non-hydrogen) atoms. The fourth-order valence-electron chi connectivity index (χ4n) is 1.36. The zero-order valence-corrected chi connectivity index (χ0v) is 11.1. The van der Waals surface area contributed by atoms with Gasteiger partial charge < -0.3 is 10.6 Å². The number of nitrogens with one attached hydrogen (secondary N) is 2. The number of anilines is 1. The molecule has 6 nitrogen and oxygen atoms in total. The van der Waals surface area contributed by atoms with E-state index < -0.39 is 0 Å². The molecule has 6 heteroatoms. The Balaban J connectivity index is 0.000000492. The number of hydrogen-bond acceptors (Lipinski definition) is 5. The van der Waals surface area contributed by atoms with Gasteiger partial charge in [0.05, 0.1) is 0 Å². The third-order valence-corrected chi connectivity index (χ3v) is 2.10. The highest BCUT2D eigenvalue weighted by atomic mass is 15.1. The summed E-state index contributed by atoms with van der Waals surface area (Å²) in [6.07, 6.45) is 5.94. The summed E-state index contributed by atoms with van der Waals surface area (Å²) in [5.41, 5.74) is 1.56. The van der Waals surface area contributed by atoms with E-state index in [0.717, 1.165) is 29.9 Å². The largest absolute Gasteiger partial charge is 0.368 e. The van der Waals surface area contributed by atoms with Crippen molar-refractivity contribution in [3.63, 3.8) is 0 Å². The van der Waals surface area contributed by atoms with Gasteiger partial charge in [-0.05, 0) is 20.5 Å². The van der Waals surface area contributed by atoms with Crippen LogP contribution in [0.3, 0.4) is 0 Å². The van der Waals surface area contributed by atoms with Gasteiger partial charge in [0.15, 0.2) is 17.0 Å². The fourth-order valence-corrected chi connectivity index (χ4v) is 1.36. The highest BCUT2D eigenvalue weighted by Gasteiger charge is 2.07. The topological polar surface area (TPSA) is 67.7 Å². The van der Waals surface area contributed by atoms with Crippen LogP contribution in [0, 0.1) is 0 Å². The Bertz CT molecular complexity index is 490.